The van der Waals surface area contributed by atoms with Gasteiger partial charge in [-0.3, -0.25) is 0 Å². The summed E-state index contributed by atoms with van der Waals surface area (Å²) in [5, 5.41) is 100. The third-order valence-corrected chi connectivity index (χ3v) is 10.00. The Hall–Kier alpha value is -7.40. The van der Waals surface area contributed by atoms with Gasteiger partial charge in [0.05, 0.1) is 11.1 Å². The second-order valence-corrected chi connectivity index (χ2v) is 12.8. The van der Waals surface area contributed by atoms with Crippen LogP contribution in [0, 0.1) is 0 Å². The van der Waals surface area contributed by atoms with Crippen LogP contribution < -0.4 is 5.46 Å². The molecule has 10 nitrogen and oxygen atoms in total. The molecule has 0 bridgehead atoms. The Labute approximate surface area is 299 Å². The molecule has 0 saturated heterocycles. The van der Waals surface area contributed by atoms with E-state index >= 15 is 0 Å². The molecule has 0 aliphatic carbocycles. The fourth-order valence-corrected chi connectivity index (χ4v) is 7.53. The summed E-state index contributed by atoms with van der Waals surface area (Å²) in [6.07, 6.45) is 0. The highest BCUT2D eigenvalue weighted by Gasteiger charge is 2.29. The van der Waals surface area contributed by atoms with Gasteiger partial charge in [0.2, 0.25) is 23.0 Å². The summed E-state index contributed by atoms with van der Waals surface area (Å²) >= 11 is 0. The number of hydrogen-bond acceptors (Lipinski definition) is 10. The summed E-state index contributed by atoms with van der Waals surface area (Å²) in [5.41, 5.74) is 2.53. The Morgan fingerprint density at radius 3 is 1.55 bits per heavy atom. The molecule has 53 heavy (non-hydrogen) atoms. The Morgan fingerprint density at radius 1 is 0.377 bits per heavy atom. The largest absolute Gasteiger partial charge is 0.508 e. The van der Waals surface area contributed by atoms with Crippen molar-refractivity contribution in [2.24, 2.45) is 0 Å². The van der Waals surface area contributed by atoms with Crippen LogP contribution in [0.3, 0.4) is 0 Å². The van der Waals surface area contributed by atoms with Crippen molar-refractivity contribution >= 4 is 67.6 Å². The van der Waals surface area contributed by atoms with Gasteiger partial charge in [0.1, 0.15) is 24.8 Å². The highest BCUT2D eigenvalue weighted by atomic mass is 16.4. The number of fused-ring (bicyclic) bond motifs is 6. The molecule has 11 heteroatoms. The van der Waals surface area contributed by atoms with Gasteiger partial charge in [-0.2, -0.15) is 0 Å². The lowest BCUT2D eigenvalue weighted by Crippen LogP contribution is -2.05. The second kappa shape index (κ2) is 11.1. The van der Waals surface area contributed by atoms with Crippen LogP contribution in [0.4, 0.5) is 0 Å². The predicted octanol–water partition coefficient (Wildman–Crippen LogP) is 8.19. The molecular formula is C42H25BO10. The van der Waals surface area contributed by atoms with Gasteiger partial charge in [0, 0.05) is 16.3 Å². The van der Waals surface area contributed by atoms with Crippen molar-refractivity contribution in [2.45, 2.75) is 0 Å². The van der Waals surface area contributed by atoms with E-state index < -0.39 is 57.2 Å². The molecule has 9 N–H and O–H groups in total. The number of hydrogen-bond donors (Lipinski definition) is 9. The number of aromatic hydroxyl groups is 9. The SMILES string of the molecule is [B]c1c(O)c(O)c(O)c(-c2ccc3cc4c(cc3c2)oc2cccc(-c3c5ccccc5c(-c5c(O)c(O)c(O)c(O)c5O)c5ccccc35)c24)c1O. The number of rotatable bonds is 3. The number of phenols is 9. The molecule has 0 aliphatic rings. The average Bonchev–Trinajstić information content (AvgIpc) is 3.54. The molecule has 2 radical (unpaired) electrons. The van der Waals surface area contributed by atoms with Gasteiger partial charge >= 0.3 is 0 Å². The Morgan fingerprint density at radius 2 is 0.925 bits per heavy atom. The van der Waals surface area contributed by atoms with Crippen LogP contribution in [-0.4, -0.2) is 53.8 Å². The molecule has 256 valence electrons. The lowest BCUT2D eigenvalue weighted by molar-refractivity contribution is 0.330. The van der Waals surface area contributed by atoms with Crippen molar-refractivity contribution in [3.63, 3.8) is 0 Å². The quantitative estimate of drug-likeness (QED) is 0.0375. The van der Waals surface area contributed by atoms with E-state index in [1.165, 1.54) is 0 Å². The lowest BCUT2D eigenvalue weighted by atomic mass is 9.84. The van der Waals surface area contributed by atoms with E-state index in [2.05, 4.69) is 0 Å². The van der Waals surface area contributed by atoms with Crippen molar-refractivity contribution in [1.82, 2.24) is 0 Å². The molecule has 9 aromatic rings. The summed E-state index contributed by atoms with van der Waals surface area (Å²) in [6, 6.07) is 29.3. The zero-order valence-corrected chi connectivity index (χ0v) is 27.2. The van der Waals surface area contributed by atoms with Crippen molar-refractivity contribution in [3.8, 4) is 85.1 Å². The van der Waals surface area contributed by atoms with Crippen LogP contribution >= 0.6 is 0 Å². The molecule has 0 fully saturated rings. The van der Waals surface area contributed by atoms with Gasteiger partial charge < -0.3 is 50.4 Å². The Bertz CT molecular complexity index is 2960. The zero-order valence-electron chi connectivity index (χ0n) is 27.2. The van der Waals surface area contributed by atoms with Gasteiger partial charge in [-0.1, -0.05) is 72.8 Å². The summed E-state index contributed by atoms with van der Waals surface area (Å²) in [5.74, 6) is -7.56. The summed E-state index contributed by atoms with van der Waals surface area (Å²) in [4.78, 5) is 0. The van der Waals surface area contributed by atoms with Gasteiger partial charge in [-0.05, 0) is 78.7 Å². The molecule has 8 aromatic carbocycles. The monoisotopic (exact) mass is 700 g/mol. The van der Waals surface area contributed by atoms with Crippen LogP contribution in [0.25, 0.3) is 87.6 Å². The molecule has 9 rings (SSSR count). The number of furan rings is 1. The minimum absolute atomic E-state index is 0.145. The van der Waals surface area contributed by atoms with Crippen LogP contribution in [0.2, 0.25) is 0 Å². The molecule has 0 spiro atoms. The van der Waals surface area contributed by atoms with E-state index in [4.69, 9.17) is 12.3 Å². The maximum Gasteiger partial charge on any atom is 0.208 e. The minimum atomic E-state index is -1.04. The Balaban J connectivity index is 1.33. The maximum absolute atomic E-state index is 11.1. The van der Waals surface area contributed by atoms with Gasteiger partial charge in [0.15, 0.2) is 23.0 Å². The fraction of sp³-hybridized carbons (Fsp3) is 0. The minimum Gasteiger partial charge on any atom is -0.508 e. The molecule has 1 heterocycles. The first-order chi connectivity index (χ1) is 25.5. The van der Waals surface area contributed by atoms with E-state index in [-0.39, 0.29) is 11.1 Å². The summed E-state index contributed by atoms with van der Waals surface area (Å²) in [7, 11) is 5.78. The van der Waals surface area contributed by atoms with E-state index in [9.17, 15) is 46.0 Å². The average molecular weight is 700 g/mol. The molecule has 0 unspecified atom stereocenters. The lowest BCUT2D eigenvalue weighted by Gasteiger charge is -2.20. The zero-order chi connectivity index (χ0) is 37.0. The van der Waals surface area contributed by atoms with E-state index in [0.29, 0.717) is 38.5 Å². The normalized spacial score (nSPS) is 11.8. The van der Waals surface area contributed by atoms with E-state index in [1.807, 2.05) is 54.6 Å². The molecule has 0 amide bonds. The predicted molar refractivity (Wildman–Crippen MR) is 203 cm³/mol. The third kappa shape index (κ3) is 4.28. The second-order valence-electron chi connectivity index (χ2n) is 12.8. The van der Waals surface area contributed by atoms with Crippen molar-refractivity contribution in [3.05, 3.63) is 97.1 Å². The first-order valence-electron chi connectivity index (χ1n) is 16.3. The molecule has 0 saturated carbocycles. The van der Waals surface area contributed by atoms with Gasteiger partial charge in [0.25, 0.3) is 0 Å². The van der Waals surface area contributed by atoms with Crippen LogP contribution in [0.15, 0.2) is 101 Å². The third-order valence-electron chi connectivity index (χ3n) is 10.00. The molecule has 1 aromatic heterocycles. The molecular weight excluding hydrogens is 675 g/mol. The van der Waals surface area contributed by atoms with E-state index in [1.54, 1.807) is 42.5 Å². The standard InChI is InChI=1S/C42H25BO10/c43-33-34(44)28(35(45)39(49)38(33)48)18-13-12-17-15-25-27(16-19(17)14-18)53-26-11-5-10-24(30(25)26)29-20-6-1-3-8-22(20)31(23-9-4-2-7-21(23)29)32-36(46)40(50)42(52)41(51)37(32)47/h1-16,44-52H. The maximum atomic E-state index is 11.1. The molecule has 0 atom stereocenters. The highest BCUT2D eigenvalue weighted by molar-refractivity contribution is 6.37. The van der Waals surface area contributed by atoms with Crippen molar-refractivity contribution < 1.29 is 50.4 Å². The molecule has 0 aliphatic heterocycles. The van der Waals surface area contributed by atoms with E-state index in [0.717, 1.165) is 38.1 Å². The first-order valence-corrected chi connectivity index (χ1v) is 16.3. The Kier molecular flexibility index (Phi) is 6.58. The van der Waals surface area contributed by atoms with Crippen LogP contribution in [0.1, 0.15) is 0 Å². The first kappa shape index (κ1) is 31.6. The topological polar surface area (TPSA) is 195 Å². The van der Waals surface area contributed by atoms with Crippen molar-refractivity contribution in [2.75, 3.05) is 0 Å². The van der Waals surface area contributed by atoms with Gasteiger partial charge in [-0.15, -0.1) is 0 Å². The van der Waals surface area contributed by atoms with Crippen LogP contribution in [0.5, 0.6) is 51.7 Å². The summed E-state index contributed by atoms with van der Waals surface area (Å²) in [6.45, 7) is 0. The number of benzene rings is 8. The number of phenolic OH excluding ortho intramolecular Hbond substituents is 9. The van der Waals surface area contributed by atoms with Crippen LogP contribution in [-0.2, 0) is 0 Å². The van der Waals surface area contributed by atoms with Crippen molar-refractivity contribution in [1.29, 1.82) is 0 Å². The fourth-order valence-electron chi connectivity index (χ4n) is 7.53. The smallest absolute Gasteiger partial charge is 0.208 e. The van der Waals surface area contributed by atoms with Gasteiger partial charge in [-0.25, -0.2) is 0 Å². The summed E-state index contributed by atoms with van der Waals surface area (Å²) < 4.78 is 6.42. The highest BCUT2D eigenvalue weighted by Crippen LogP contribution is 2.58.